The van der Waals surface area contributed by atoms with Gasteiger partial charge in [-0.2, -0.15) is 0 Å². The Balaban J connectivity index is 2.11. The molecule has 0 aliphatic rings. The molecule has 0 radical (unpaired) electrons. The highest BCUT2D eigenvalue weighted by atomic mass is 32.2. The lowest BCUT2D eigenvalue weighted by Crippen LogP contribution is -2.42. The molecule has 0 fully saturated rings. The maximum absolute atomic E-state index is 11.9. The van der Waals surface area contributed by atoms with Gasteiger partial charge in [0.1, 0.15) is 11.5 Å². The molecule has 0 unspecified atom stereocenters. The second-order valence-electron chi connectivity index (χ2n) is 5.20. The summed E-state index contributed by atoms with van der Waals surface area (Å²) in [5.74, 6) is 10.1. The van der Waals surface area contributed by atoms with Crippen molar-refractivity contribution in [1.82, 2.24) is 20.3 Å². The Morgan fingerprint density at radius 1 is 0.655 bits per heavy atom. The topological polar surface area (TPSA) is 212 Å². The monoisotopic (exact) mass is 444 g/mol. The molecule has 0 saturated carbocycles. The summed E-state index contributed by atoms with van der Waals surface area (Å²) in [6.07, 6.45) is 0. The second kappa shape index (κ2) is 8.74. The number of hydrazine groups is 2. The average molecular weight is 444 g/mol. The molecule has 8 N–H and O–H groups in total. The van der Waals surface area contributed by atoms with Crippen molar-refractivity contribution >= 4 is 32.1 Å². The number of urea groups is 2. The van der Waals surface area contributed by atoms with Crippen molar-refractivity contribution in [2.45, 2.75) is 9.79 Å². The van der Waals surface area contributed by atoms with Gasteiger partial charge in [0.15, 0.2) is 0 Å². The first kappa shape index (κ1) is 21.9. The smallest absolute Gasteiger partial charge is 0.342 e. The van der Waals surface area contributed by atoms with E-state index in [9.17, 15) is 26.4 Å². The molecule has 13 nitrogen and oxygen atoms in total. The van der Waals surface area contributed by atoms with Gasteiger partial charge in [-0.1, -0.05) is 0 Å². The van der Waals surface area contributed by atoms with Crippen molar-refractivity contribution < 1.29 is 31.2 Å². The fraction of sp³-hybridized carbons (Fsp3) is 0. The van der Waals surface area contributed by atoms with Gasteiger partial charge in [-0.3, -0.25) is 10.9 Å². The van der Waals surface area contributed by atoms with E-state index in [2.05, 4.69) is 0 Å². The molecule has 0 heterocycles. The van der Waals surface area contributed by atoms with Gasteiger partial charge in [0, 0.05) is 0 Å². The zero-order chi connectivity index (χ0) is 21.7. The van der Waals surface area contributed by atoms with E-state index in [0.717, 1.165) is 0 Å². The highest BCUT2D eigenvalue weighted by molar-refractivity contribution is 7.90. The third-order valence-corrected chi connectivity index (χ3v) is 5.91. The molecular weight excluding hydrogens is 428 g/mol. The summed E-state index contributed by atoms with van der Waals surface area (Å²) in [6.45, 7) is 0. The van der Waals surface area contributed by atoms with Crippen molar-refractivity contribution in [2.24, 2.45) is 11.7 Å². The van der Waals surface area contributed by atoms with Crippen LogP contribution in [-0.2, 0) is 20.0 Å². The molecule has 2 aromatic rings. The van der Waals surface area contributed by atoms with E-state index in [-0.39, 0.29) is 21.3 Å². The average Bonchev–Trinajstić information content (AvgIpc) is 2.68. The number of hydrogen-bond acceptors (Lipinski definition) is 9. The molecule has 0 atom stereocenters. The van der Waals surface area contributed by atoms with E-state index in [1.807, 2.05) is 0 Å². The van der Waals surface area contributed by atoms with Gasteiger partial charge < -0.3 is 4.74 Å². The van der Waals surface area contributed by atoms with Gasteiger partial charge in [0.05, 0.1) is 9.79 Å². The number of benzene rings is 2. The zero-order valence-electron chi connectivity index (χ0n) is 14.4. The van der Waals surface area contributed by atoms with Crippen LogP contribution >= 0.6 is 0 Å². The standard InChI is InChI=1S/C14H16N6O7S2/c15-17-13(21)19-28(23,24)11-5-1-9(2-6-11)27-10-3-7-12(8-4-10)29(25,26)20-14(22)18-16/h1-8H,15-16H2,(H2,17,19,21)(H2,18,20,22). The zero-order valence-corrected chi connectivity index (χ0v) is 16.1. The highest BCUT2D eigenvalue weighted by Gasteiger charge is 2.18. The lowest BCUT2D eigenvalue weighted by molar-refractivity contribution is 0.245. The summed E-state index contributed by atoms with van der Waals surface area (Å²) in [5.41, 5.74) is 3.27. The number of nitrogens with two attached hydrogens (primary N) is 2. The number of sulfonamides is 2. The van der Waals surface area contributed by atoms with Crippen molar-refractivity contribution in [3.8, 4) is 11.5 Å². The molecule has 156 valence electrons. The molecule has 4 amide bonds. The van der Waals surface area contributed by atoms with E-state index >= 15 is 0 Å². The van der Waals surface area contributed by atoms with E-state index in [4.69, 9.17) is 16.4 Å². The Kier molecular flexibility index (Phi) is 6.60. The van der Waals surface area contributed by atoms with Gasteiger partial charge in [-0.05, 0) is 48.5 Å². The molecule has 2 aromatic carbocycles. The first-order chi connectivity index (χ1) is 13.6. The normalized spacial score (nSPS) is 11.2. The third kappa shape index (κ3) is 5.79. The van der Waals surface area contributed by atoms with Crippen molar-refractivity contribution in [3.63, 3.8) is 0 Å². The van der Waals surface area contributed by atoms with E-state index < -0.39 is 32.1 Å². The van der Waals surface area contributed by atoms with Crippen molar-refractivity contribution in [2.75, 3.05) is 0 Å². The Hall–Kier alpha value is -3.40. The predicted molar refractivity (Wildman–Crippen MR) is 99.0 cm³/mol. The molecular formula is C14H16N6O7S2. The summed E-state index contributed by atoms with van der Waals surface area (Å²) in [5, 5.41) is 0. The molecule has 0 bridgehead atoms. The first-order valence-electron chi connectivity index (χ1n) is 7.52. The van der Waals surface area contributed by atoms with Crippen molar-refractivity contribution in [3.05, 3.63) is 48.5 Å². The van der Waals surface area contributed by atoms with Gasteiger partial charge >= 0.3 is 12.1 Å². The lowest BCUT2D eigenvalue weighted by atomic mass is 10.3. The third-order valence-electron chi connectivity index (χ3n) is 3.22. The van der Waals surface area contributed by atoms with E-state index in [0.29, 0.717) is 0 Å². The summed E-state index contributed by atoms with van der Waals surface area (Å²) in [4.78, 5) is 21.7. The molecule has 29 heavy (non-hydrogen) atoms. The SMILES string of the molecule is NNC(=O)NS(=O)(=O)c1ccc(Oc2ccc(S(=O)(=O)NC(=O)NN)cc2)cc1. The Morgan fingerprint density at radius 3 is 1.24 bits per heavy atom. The number of hydrogen-bond donors (Lipinski definition) is 6. The maximum Gasteiger partial charge on any atom is 0.342 e. The molecule has 15 heteroatoms. The first-order valence-corrected chi connectivity index (χ1v) is 10.5. The Bertz CT molecular complexity index is 1010. The van der Waals surface area contributed by atoms with Crippen LogP contribution in [0.4, 0.5) is 9.59 Å². The fourth-order valence-electron chi connectivity index (χ4n) is 1.93. The Labute approximate surface area is 165 Å². The van der Waals surface area contributed by atoms with Crippen LogP contribution in [0, 0.1) is 0 Å². The number of amides is 4. The molecule has 2 rings (SSSR count). The minimum absolute atomic E-state index is 0.209. The van der Waals surface area contributed by atoms with Crippen LogP contribution in [0.25, 0.3) is 0 Å². The second-order valence-corrected chi connectivity index (χ2v) is 8.57. The maximum atomic E-state index is 11.9. The molecule has 0 aliphatic heterocycles. The van der Waals surface area contributed by atoms with Crippen LogP contribution in [0.3, 0.4) is 0 Å². The van der Waals surface area contributed by atoms with Crippen LogP contribution in [0.15, 0.2) is 58.3 Å². The highest BCUT2D eigenvalue weighted by Crippen LogP contribution is 2.24. The quantitative estimate of drug-likeness (QED) is 0.187. The van der Waals surface area contributed by atoms with E-state index in [1.54, 1.807) is 20.3 Å². The van der Waals surface area contributed by atoms with Crippen LogP contribution in [0.5, 0.6) is 11.5 Å². The lowest BCUT2D eigenvalue weighted by Gasteiger charge is -2.09. The predicted octanol–water partition coefficient (Wildman–Crippen LogP) is -0.798. The number of nitrogens with one attached hydrogen (secondary N) is 4. The van der Waals surface area contributed by atoms with Crippen LogP contribution in [0.1, 0.15) is 0 Å². The minimum Gasteiger partial charge on any atom is -0.457 e. The number of rotatable bonds is 6. The molecule has 0 aliphatic carbocycles. The minimum atomic E-state index is -4.11. The largest absolute Gasteiger partial charge is 0.457 e. The van der Waals surface area contributed by atoms with Gasteiger partial charge in [0.25, 0.3) is 20.0 Å². The summed E-state index contributed by atoms with van der Waals surface area (Å²) < 4.78 is 56.6. The molecule has 0 saturated heterocycles. The van der Waals surface area contributed by atoms with Crippen molar-refractivity contribution in [1.29, 1.82) is 0 Å². The summed E-state index contributed by atoms with van der Waals surface area (Å²) in [7, 11) is -8.22. The number of carbonyl (C=O) groups is 2. The number of ether oxygens (including phenoxy) is 1. The number of carbonyl (C=O) groups excluding carboxylic acids is 2. The van der Waals surface area contributed by atoms with Gasteiger partial charge in [0.2, 0.25) is 0 Å². The summed E-state index contributed by atoms with van der Waals surface area (Å²) in [6, 6.07) is 7.87. The molecule has 0 aromatic heterocycles. The van der Waals surface area contributed by atoms with Crippen LogP contribution in [-0.4, -0.2) is 28.9 Å². The summed E-state index contributed by atoms with van der Waals surface area (Å²) >= 11 is 0. The van der Waals surface area contributed by atoms with Gasteiger partial charge in [-0.25, -0.2) is 47.6 Å². The van der Waals surface area contributed by atoms with Gasteiger partial charge in [-0.15, -0.1) is 0 Å². The fourth-order valence-corrected chi connectivity index (χ4v) is 3.76. The van der Waals surface area contributed by atoms with Crippen LogP contribution < -0.4 is 36.7 Å². The Morgan fingerprint density at radius 2 is 0.966 bits per heavy atom. The van der Waals surface area contributed by atoms with E-state index in [1.165, 1.54) is 48.5 Å². The van der Waals surface area contributed by atoms with Crippen LogP contribution in [0.2, 0.25) is 0 Å². The molecule has 0 spiro atoms.